The van der Waals surface area contributed by atoms with Gasteiger partial charge in [-0.1, -0.05) is 0 Å². The summed E-state index contributed by atoms with van der Waals surface area (Å²) in [5, 5.41) is 16.0. The number of nitrogens with zero attached hydrogens (tertiary/aromatic N) is 1. The van der Waals surface area contributed by atoms with Crippen molar-refractivity contribution < 1.29 is 18.1 Å². The Morgan fingerprint density at radius 1 is 1.36 bits per heavy atom. The van der Waals surface area contributed by atoms with Crippen molar-refractivity contribution in [3.05, 3.63) is 28.3 Å². The molecule has 22 heavy (non-hydrogen) atoms. The minimum atomic E-state index is -3.83. The van der Waals surface area contributed by atoms with Crippen LogP contribution in [-0.2, 0) is 14.8 Å². The number of likely N-dealkylation sites (N-methyl/N-ethyl adjacent to an activating group) is 1. The number of nitrogens with one attached hydrogen (secondary N) is 3. The molecule has 0 aliphatic carbocycles. The Morgan fingerprint density at radius 3 is 2.50 bits per heavy atom. The SMILES string of the molecule is CNC(=O)CNc1ccc(S(=O)(=O)NC(C)C)cc1[N+](=O)[O-]. The number of nitro groups is 1. The van der Waals surface area contributed by atoms with Crippen molar-refractivity contribution in [2.75, 3.05) is 18.9 Å². The molecule has 0 unspecified atom stereocenters. The minimum Gasteiger partial charge on any atom is -0.371 e. The third kappa shape index (κ3) is 4.67. The van der Waals surface area contributed by atoms with Crippen LogP contribution in [0.1, 0.15) is 13.8 Å². The summed E-state index contributed by atoms with van der Waals surface area (Å²) in [5.41, 5.74) is -0.354. The number of benzene rings is 1. The van der Waals surface area contributed by atoms with Gasteiger partial charge in [-0.25, -0.2) is 13.1 Å². The highest BCUT2D eigenvalue weighted by Crippen LogP contribution is 2.27. The molecule has 0 spiro atoms. The fourth-order valence-corrected chi connectivity index (χ4v) is 2.89. The summed E-state index contributed by atoms with van der Waals surface area (Å²) < 4.78 is 26.4. The summed E-state index contributed by atoms with van der Waals surface area (Å²) in [7, 11) is -2.39. The number of nitro benzene ring substituents is 1. The van der Waals surface area contributed by atoms with E-state index in [0.29, 0.717) is 0 Å². The van der Waals surface area contributed by atoms with Crippen molar-refractivity contribution in [3.8, 4) is 0 Å². The van der Waals surface area contributed by atoms with Gasteiger partial charge in [0.15, 0.2) is 0 Å². The van der Waals surface area contributed by atoms with Gasteiger partial charge in [-0.05, 0) is 26.0 Å². The molecule has 0 bridgehead atoms. The van der Waals surface area contributed by atoms with E-state index < -0.39 is 20.6 Å². The van der Waals surface area contributed by atoms with Gasteiger partial charge in [-0.15, -0.1) is 0 Å². The molecule has 9 nitrogen and oxygen atoms in total. The Balaban J connectivity index is 3.15. The predicted octanol–water partition coefficient (Wildman–Crippen LogP) is 0.439. The average Bonchev–Trinajstić information content (AvgIpc) is 2.42. The van der Waals surface area contributed by atoms with Crippen molar-refractivity contribution in [2.45, 2.75) is 24.8 Å². The molecule has 1 aromatic rings. The van der Waals surface area contributed by atoms with Gasteiger partial charge in [0.05, 0.1) is 16.4 Å². The smallest absolute Gasteiger partial charge is 0.293 e. The van der Waals surface area contributed by atoms with Gasteiger partial charge in [0.1, 0.15) is 5.69 Å². The predicted molar refractivity (Wildman–Crippen MR) is 81.1 cm³/mol. The summed E-state index contributed by atoms with van der Waals surface area (Å²) in [5.74, 6) is -0.354. The third-order valence-corrected chi connectivity index (χ3v) is 4.24. The summed E-state index contributed by atoms with van der Waals surface area (Å²) in [6, 6.07) is 3.12. The lowest BCUT2D eigenvalue weighted by Gasteiger charge is -2.11. The molecular formula is C12H18N4O5S. The topological polar surface area (TPSA) is 130 Å². The standard InChI is InChI=1S/C12H18N4O5S/c1-8(2)15-22(20,21)9-4-5-10(11(6-9)16(18)19)14-7-12(17)13-3/h4-6,8,14-15H,7H2,1-3H3,(H,13,17). The highest BCUT2D eigenvalue weighted by atomic mass is 32.2. The second kappa shape index (κ2) is 7.18. The maximum Gasteiger partial charge on any atom is 0.293 e. The fraction of sp³-hybridized carbons (Fsp3) is 0.417. The Bertz CT molecular complexity index is 672. The number of sulfonamides is 1. The fourth-order valence-electron chi connectivity index (χ4n) is 1.62. The van der Waals surface area contributed by atoms with E-state index in [4.69, 9.17) is 0 Å². The van der Waals surface area contributed by atoms with Gasteiger partial charge in [-0.3, -0.25) is 14.9 Å². The van der Waals surface area contributed by atoms with Crippen molar-refractivity contribution >= 4 is 27.3 Å². The molecule has 0 aromatic heterocycles. The van der Waals surface area contributed by atoms with Crippen molar-refractivity contribution in [1.29, 1.82) is 0 Å². The minimum absolute atomic E-state index is 0.0668. The van der Waals surface area contributed by atoms with Gasteiger partial charge in [-0.2, -0.15) is 0 Å². The number of amides is 1. The van der Waals surface area contributed by atoms with E-state index in [1.807, 2.05) is 0 Å². The highest BCUT2D eigenvalue weighted by Gasteiger charge is 2.22. The maximum atomic E-state index is 12.0. The number of rotatable bonds is 7. The monoisotopic (exact) mass is 330 g/mol. The Hall–Kier alpha value is -2.20. The second-order valence-corrected chi connectivity index (χ2v) is 6.45. The van der Waals surface area contributed by atoms with Crippen LogP contribution in [0.3, 0.4) is 0 Å². The van der Waals surface area contributed by atoms with Crippen molar-refractivity contribution in [2.24, 2.45) is 0 Å². The van der Waals surface area contributed by atoms with Crippen molar-refractivity contribution in [1.82, 2.24) is 10.0 Å². The van der Waals surface area contributed by atoms with E-state index in [1.54, 1.807) is 13.8 Å². The van der Waals surface area contributed by atoms with Crippen LogP contribution in [0.5, 0.6) is 0 Å². The number of hydrogen-bond acceptors (Lipinski definition) is 6. The number of hydrogen-bond donors (Lipinski definition) is 3. The zero-order valence-corrected chi connectivity index (χ0v) is 13.2. The number of carbonyl (C=O) groups excluding carboxylic acids is 1. The zero-order valence-electron chi connectivity index (χ0n) is 12.4. The van der Waals surface area contributed by atoms with Crippen LogP contribution in [0.25, 0.3) is 0 Å². The molecule has 0 radical (unpaired) electrons. The lowest BCUT2D eigenvalue weighted by molar-refractivity contribution is -0.384. The first kappa shape index (κ1) is 17.9. The quantitative estimate of drug-likeness (QED) is 0.491. The largest absolute Gasteiger partial charge is 0.371 e. The normalized spacial score (nSPS) is 11.3. The average molecular weight is 330 g/mol. The van der Waals surface area contributed by atoms with Gasteiger partial charge in [0, 0.05) is 19.2 Å². The van der Waals surface area contributed by atoms with Crippen LogP contribution in [0.15, 0.2) is 23.1 Å². The Kier molecular flexibility index (Phi) is 5.83. The zero-order chi connectivity index (χ0) is 16.9. The molecule has 122 valence electrons. The lowest BCUT2D eigenvalue weighted by atomic mass is 10.2. The lowest BCUT2D eigenvalue weighted by Crippen LogP contribution is -2.30. The van der Waals surface area contributed by atoms with Crippen LogP contribution in [0.2, 0.25) is 0 Å². The third-order valence-electron chi connectivity index (χ3n) is 2.59. The summed E-state index contributed by atoms with van der Waals surface area (Å²) in [6.07, 6.45) is 0. The van der Waals surface area contributed by atoms with Gasteiger partial charge < -0.3 is 10.6 Å². The first-order chi connectivity index (χ1) is 10.2. The summed E-state index contributed by atoms with van der Waals surface area (Å²) >= 11 is 0. The first-order valence-corrected chi connectivity index (χ1v) is 7.91. The Labute approximate surface area is 128 Å². The van der Waals surface area contributed by atoms with E-state index in [-0.39, 0.29) is 29.1 Å². The molecule has 1 rings (SSSR count). The molecule has 1 aromatic carbocycles. The highest BCUT2D eigenvalue weighted by molar-refractivity contribution is 7.89. The maximum absolute atomic E-state index is 12.0. The summed E-state index contributed by atoms with van der Waals surface area (Å²) in [4.78, 5) is 21.3. The molecule has 0 aliphatic rings. The van der Waals surface area contributed by atoms with E-state index in [1.165, 1.54) is 19.2 Å². The van der Waals surface area contributed by atoms with Gasteiger partial charge in [0.2, 0.25) is 15.9 Å². The Morgan fingerprint density at radius 2 is 2.00 bits per heavy atom. The molecular weight excluding hydrogens is 312 g/mol. The molecule has 10 heteroatoms. The van der Waals surface area contributed by atoms with Gasteiger partial charge in [0.25, 0.3) is 5.69 Å². The molecule has 0 fully saturated rings. The molecule has 0 saturated heterocycles. The van der Waals surface area contributed by atoms with Crippen LogP contribution < -0.4 is 15.4 Å². The molecule has 0 atom stereocenters. The summed E-state index contributed by atoms with van der Waals surface area (Å²) in [6.45, 7) is 3.13. The van der Waals surface area contributed by atoms with E-state index in [2.05, 4.69) is 15.4 Å². The second-order valence-electron chi connectivity index (χ2n) is 4.74. The first-order valence-electron chi connectivity index (χ1n) is 6.42. The van der Waals surface area contributed by atoms with Crippen LogP contribution in [0, 0.1) is 10.1 Å². The molecule has 0 saturated carbocycles. The van der Waals surface area contributed by atoms with Gasteiger partial charge >= 0.3 is 0 Å². The van der Waals surface area contributed by atoms with E-state index in [0.717, 1.165) is 6.07 Å². The van der Waals surface area contributed by atoms with Crippen LogP contribution >= 0.6 is 0 Å². The number of anilines is 1. The van der Waals surface area contributed by atoms with Crippen LogP contribution in [-0.4, -0.2) is 38.9 Å². The van der Waals surface area contributed by atoms with Crippen molar-refractivity contribution in [3.63, 3.8) is 0 Å². The van der Waals surface area contributed by atoms with E-state index >= 15 is 0 Å². The molecule has 0 heterocycles. The van der Waals surface area contributed by atoms with Crippen LogP contribution in [0.4, 0.5) is 11.4 Å². The molecule has 0 aliphatic heterocycles. The van der Waals surface area contributed by atoms with E-state index in [9.17, 15) is 23.3 Å². The number of carbonyl (C=O) groups is 1. The molecule has 1 amide bonds. The molecule has 3 N–H and O–H groups in total.